The Kier molecular flexibility index (Phi) is 8.47. The van der Waals surface area contributed by atoms with Gasteiger partial charge in [0, 0.05) is 19.0 Å². The van der Waals surface area contributed by atoms with E-state index in [1.807, 2.05) is 6.92 Å². The molecular weight excluding hydrogens is 460 g/mol. The number of amidine groups is 1. The highest BCUT2D eigenvalue weighted by molar-refractivity contribution is 8.15. The second kappa shape index (κ2) is 11.5. The third-order valence-electron chi connectivity index (χ3n) is 5.09. The molecule has 1 N–H and O–H groups in total. The number of non-ortho nitro benzene ring substituents is 1. The molecule has 2 aromatic rings. The number of aliphatic imine (C=N–C) groups is 1. The van der Waals surface area contributed by atoms with Crippen LogP contribution in [-0.2, 0) is 9.59 Å². The van der Waals surface area contributed by atoms with Gasteiger partial charge in [0.2, 0.25) is 11.8 Å². The number of amides is 2. The van der Waals surface area contributed by atoms with Crippen LogP contribution in [-0.4, -0.2) is 52.8 Å². The lowest BCUT2D eigenvalue weighted by Crippen LogP contribution is -2.34. The molecule has 0 aliphatic carbocycles. The monoisotopic (exact) mass is 486 g/mol. The number of hydrogen-bond acceptors (Lipinski definition) is 8. The topological polar surface area (TPSA) is 123 Å². The highest BCUT2D eigenvalue weighted by Crippen LogP contribution is 2.34. The van der Waals surface area contributed by atoms with E-state index in [1.165, 1.54) is 37.1 Å². The highest BCUT2D eigenvalue weighted by Gasteiger charge is 2.39. The molecule has 2 amide bonds. The predicted octanol–water partition coefficient (Wildman–Crippen LogP) is 4.37. The Morgan fingerprint density at radius 2 is 1.94 bits per heavy atom. The molecule has 0 spiro atoms. The number of nitro benzene ring substituents is 1. The fourth-order valence-electron chi connectivity index (χ4n) is 3.28. The van der Waals surface area contributed by atoms with Gasteiger partial charge in [-0.25, -0.2) is 4.99 Å². The van der Waals surface area contributed by atoms with Gasteiger partial charge in [-0.1, -0.05) is 25.1 Å². The Bertz CT molecular complexity index is 1090. The van der Waals surface area contributed by atoms with E-state index in [2.05, 4.69) is 10.3 Å². The largest absolute Gasteiger partial charge is 0.497 e. The number of nitrogens with one attached hydrogen (secondary N) is 1. The van der Waals surface area contributed by atoms with Crippen molar-refractivity contribution in [2.24, 2.45) is 4.99 Å². The summed E-state index contributed by atoms with van der Waals surface area (Å²) in [7, 11) is 2.94. The molecule has 1 fully saturated rings. The summed E-state index contributed by atoms with van der Waals surface area (Å²) in [5, 5.41) is 13.6. The SMILES string of the molecule is CCCCN1C(=O)C(CC(=O)Nc2ccc([N+](=O)[O-])cc2OC)SC1=Nc1ccc(OC)cc1. The summed E-state index contributed by atoms with van der Waals surface area (Å²) in [6.07, 6.45) is 1.65. The molecule has 1 unspecified atom stereocenters. The summed E-state index contributed by atoms with van der Waals surface area (Å²) in [5.41, 5.74) is 0.823. The van der Waals surface area contributed by atoms with Crippen molar-refractivity contribution in [3.8, 4) is 11.5 Å². The van der Waals surface area contributed by atoms with Gasteiger partial charge in [0.25, 0.3) is 5.69 Å². The van der Waals surface area contributed by atoms with E-state index in [0.29, 0.717) is 28.8 Å². The Morgan fingerprint density at radius 1 is 1.21 bits per heavy atom. The van der Waals surface area contributed by atoms with E-state index in [0.717, 1.165) is 12.8 Å². The van der Waals surface area contributed by atoms with Crippen LogP contribution in [0.15, 0.2) is 47.5 Å². The smallest absolute Gasteiger partial charge is 0.273 e. The maximum atomic E-state index is 13.1. The van der Waals surface area contributed by atoms with E-state index < -0.39 is 16.1 Å². The van der Waals surface area contributed by atoms with Crippen molar-refractivity contribution in [3.63, 3.8) is 0 Å². The Labute approximate surface area is 201 Å². The van der Waals surface area contributed by atoms with Crippen LogP contribution >= 0.6 is 11.8 Å². The summed E-state index contributed by atoms with van der Waals surface area (Å²) < 4.78 is 10.3. The second-order valence-corrected chi connectivity index (χ2v) is 8.61. The number of anilines is 1. The maximum Gasteiger partial charge on any atom is 0.273 e. The molecular formula is C23H26N4O6S. The molecule has 2 aromatic carbocycles. The fourth-order valence-corrected chi connectivity index (χ4v) is 4.46. The number of rotatable bonds is 10. The molecule has 0 radical (unpaired) electrons. The molecule has 11 heteroatoms. The van der Waals surface area contributed by atoms with Crippen molar-refractivity contribution in [1.29, 1.82) is 0 Å². The third kappa shape index (κ3) is 6.04. The van der Waals surface area contributed by atoms with Gasteiger partial charge in [-0.2, -0.15) is 0 Å². The maximum absolute atomic E-state index is 13.1. The lowest BCUT2D eigenvalue weighted by Gasteiger charge is -2.16. The molecule has 1 aliphatic heterocycles. The zero-order valence-electron chi connectivity index (χ0n) is 19.1. The van der Waals surface area contributed by atoms with E-state index in [4.69, 9.17) is 9.47 Å². The summed E-state index contributed by atoms with van der Waals surface area (Å²) in [6, 6.07) is 11.1. The summed E-state index contributed by atoms with van der Waals surface area (Å²) in [4.78, 5) is 42.5. The minimum absolute atomic E-state index is 0.0755. The standard InChI is InChI=1S/C23H26N4O6S/c1-4-5-12-26-22(29)20(34-23(26)24-15-6-9-17(32-2)10-7-15)14-21(28)25-18-11-8-16(27(30)31)13-19(18)33-3/h6-11,13,20H,4-5,12,14H2,1-3H3,(H,25,28). The van der Waals surface area contributed by atoms with Gasteiger partial charge in [-0.3, -0.25) is 24.6 Å². The van der Waals surface area contributed by atoms with Gasteiger partial charge >= 0.3 is 0 Å². The number of carbonyl (C=O) groups is 2. The van der Waals surface area contributed by atoms with Crippen LogP contribution in [0.5, 0.6) is 11.5 Å². The molecule has 1 aliphatic rings. The molecule has 1 atom stereocenters. The molecule has 1 heterocycles. The second-order valence-electron chi connectivity index (χ2n) is 7.44. The fraction of sp³-hybridized carbons (Fsp3) is 0.348. The summed E-state index contributed by atoms with van der Waals surface area (Å²) in [6.45, 7) is 2.56. The number of ether oxygens (including phenoxy) is 2. The average Bonchev–Trinajstić information content (AvgIpc) is 3.11. The molecule has 0 aromatic heterocycles. The van der Waals surface area contributed by atoms with Gasteiger partial charge in [-0.15, -0.1) is 0 Å². The van der Waals surface area contributed by atoms with Crippen LogP contribution in [0.25, 0.3) is 0 Å². The van der Waals surface area contributed by atoms with Gasteiger partial charge in [0.1, 0.15) is 16.7 Å². The van der Waals surface area contributed by atoms with Gasteiger partial charge in [0.05, 0.1) is 36.6 Å². The summed E-state index contributed by atoms with van der Waals surface area (Å²) in [5.74, 6) is 0.299. The molecule has 180 valence electrons. The van der Waals surface area contributed by atoms with E-state index >= 15 is 0 Å². The normalized spacial score (nSPS) is 16.6. The van der Waals surface area contributed by atoms with E-state index in [9.17, 15) is 19.7 Å². The lowest BCUT2D eigenvalue weighted by molar-refractivity contribution is -0.384. The van der Waals surface area contributed by atoms with Gasteiger partial charge in [-0.05, 0) is 36.8 Å². The van der Waals surface area contributed by atoms with Crippen LogP contribution in [0.2, 0.25) is 0 Å². The highest BCUT2D eigenvalue weighted by atomic mass is 32.2. The molecule has 0 saturated carbocycles. The average molecular weight is 487 g/mol. The third-order valence-corrected chi connectivity index (χ3v) is 6.27. The van der Waals surface area contributed by atoms with Crippen LogP contribution in [0, 0.1) is 10.1 Å². The first-order valence-electron chi connectivity index (χ1n) is 10.7. The molecule has 3 rings (SSSR count). The van der Waals surface area contributed by atoms with Crippen LogP contribution in [0.3, 0.4) is 0 Å². The number of nitro groups is 1. The number of methoxy groups -OCH3 is 2. The van der Waals surface area contributed by atoms with Crippen molar-refractivity contribution in [2.75, 3.05) is 26.1 Å². The van der Waals surface area contributed by atoms with Crippen molar-refractivity contribution in [3.05, 3.63) is 52.6 Å². The first-order valence-corrected chi connectivity index (χ1v) is 11.6. The van der Waals surface area contributed by atoms with E-state index in [-0.39, 0.29) is 23.8 Å². The molecule has 1 saturated heterocycles. The van der Waals surface area contributed by atoms with Crippen LogP contribution in [0.1, 0.15) is 26.2 Å². The van der Waals surface area contributed by atoms with Crippen molar-refractivity contribution < 1.29 is 24.0 Å². The molecule has 34 heavy (non-hydrogen) atoms. The first kappa shape index (κ1) is 25.0. The number of carbonyl (C=O) groups excluding carboxylic acids is 2. The Balaban J connectivity index is 1.74. The molecule has 10 nitrogen and oxygen atoms in total. The van der Waals surface area contributed by atoms with Crippen molar-refractivity contribution in [2.45, 2.75) is 31.4 Å². The minimum atomic E-state index is -0.627. The zero-order chi connectivity index (χ0) is 24.7. The summed E-state index contributed by atoms with van der Waals surface area (Å²) >= 11 is 1.25. The predicted molar refractivity (Wildman–Crippen MR) is 131 cm³/mol. The van der Waals surface area contributed by atoms with Crippen LogP contribution < -0.4 is 14.8 Å². The number of unbranched alkanes of at least 4 members (excludes halogenated alkanes) is 1. The lowest BCUT2D eigenvalue weighted by atomic mass is 10.2. The zero-order valence-corrected chi connectivity index (χ0v) is 20.0. The van der Waals surface area contributed by atoms with Crippen molar-refractivity contribution in [1.82, 2.24) is 4.90 Å². The van der Waals surface area contributed by atoms with Gasteiger partial charge < -0.3 is 14.8 Å². The first-order chi connectivity index (χ1) is 16.4. The molecule has 0 bridgehead atoms. The Hall–Kier alpha value is -3.60. The minimum Gasteiger partial charge on any atom is -0.497 e. The number of thioether (sulfide) groups is 1. The number of benzene rings is 2. The number of nitrogens with zero attached hydrogens (tertiary/aromatic N) is 3. The quantitative estimate of drug-likeness (QED) is 0.391. The number of hydrogen-bond donors (Lipinski definition) is 1. The van der Waals surface area contributed by atoms with Crippen LogP contribution in [0.4, 0.5) is 17.1 Å². The van der Waals surface area contributed by atoms with Crippen molar-refractivity contribution >= 4 is 45.8 Å². The van der Waals surface area contributed by atoms with E-state index in [1.54, 1.807) is 36.3 Å². The van der Waals surface area contributed by atoms with Gasteiger partial charge in [0.15, 0.2) is 5.17 Å². The Morgan fingerprint density at radius 3 is 2.56 bits per heavy atom.